The van der Waals surface area contributed by atoms with Crippen LogP contribution in [-0.4, -0.2) is 80.0 Å². The van der Waals surface area contributed by atoms with Crippen molar-refractivity contribution in [3.8, 4) is 11.3 Å². The molecule has 1 aromatic carbocycles. The van der Waals surface area contributed by atoms with Gasteiger partial charge >= 0.3 is 24.3 Å². The molecule has 0 saturated carbocycles. The van der Waals surface area contributed by atoms with Crippen LogP contribution in [0.25, 0.3) is 16.9 Å². The van der Waals surface area contributed by atoms with Crippen LogP contribution in [0.2, 0.25) is 0 Å². The molecule has 16 heteroatoms. The van der Waals surface area contributed by atoms with E-state index in [1.54, 1.807) is 0 Å². The average Bonchev–Trinajstić information content (AvgIpc) is 3.59. The lowest BCUT2D eigenvalue weighted by Crippen LogP contribution is -2.46. The zero-order valence-corrected chi connectivity index (χ0v) is 21.8. The summed E-state index contributed by atoms with van der Waals surface area (Å²) in [7, 11) is 0. The first-order valence-corrected chi connectivity index (χ1v) is 12.6. The van der Waals surface area contributed by atoms with Gasteiger partial charge in [0.15, 0.2) is 11.5 Å². The number of rotatable bonds is 4. The Kier molecular flexibility index (Phi) is 10.3. The van der Waals surface area contributed by atoms with Gasteiger partial charge in [0.2, 0.25) is 0 Å². The third-order valence-corrected chi connectivity index (χ3v) is 6.46. The molecule has 1 aliphatic rings. The van der Waals surface area contributed by atoms with E-state index in [0.717, 1.165) is 49.9 Å². The Morgan fingerprint density at radius 2 is 1.44 bits per heavy atom. The molecule has 0 aliphatic carbocycles. The van der Waals surface area contributed by atoms with Crippen molar-refractivity contribution in [2.24, 2.45) is 0 Å². The number of benzene rings is 1. The molecule has 2 N–H and O–H groups in total. The molecule has 9 nitrogen and oxygen atoms in total. The molecular weight excluding hydrogens is 580 g/mol. The maximum atomic E-state index is 10.6. The second-order valence-electron chi connectivity index (χ2n) is 8.40. The van der Waals surface area contributed by atoms with E-state index in [2.05, 4.69) is 61.0 Å². The predicted octanol–water partition coefficient (Wildman–Crippen LogP) is 5.05. The maximum absolute atomic E-state index is 10.6. The highest BCUT2D eigenvalue weighted by Crippen LogP contribution is 2.26. The summed E-state index contributed by atoms with van der Waals surface area (Å²) >= 11 is 1.84. The van der Waals surface area contributed by atoms with E-state index in [9.17, 15) is 26.3 Å². The number of aliphatic carboxylic acids is 2. The third-order valence-electron chi connectivity index (χ3n) is 5.60. The van der Waals surface area contributed by atoms with Gasteiger partial charge in [-0.2, -0.15) is 26.3 Å². The van der Waals surface area contributed by atoms with Crippen molar-refractivity contribution < 1.29 is 46.1 Å². The van der Waals surface area contributed by atoms with Crippen molar-refractivity contribution in [2.75, 3.05) is 31.1 Å². The van der Waals surface area contributed by atoms with Crippen molar-refractivity contribution in [3.63, 3.8) is 0 Å². The Bertz CT molecular complexity index is 1400. The molecule has 0 unspecified atom stereocenters. The van der Waals surface area contributed by atoms with Gasteiger partial charge in [0.1, 0.15) is 0 Å². The van der Waals surface area contributed by atoms with Gasteiger partial charge in [-0.15, -0.1) is 11.3 Å². The highest BCUT2D eigenvalue weighted by molar-refractivity contribution is 7.09. The Balaban J connectivity index is 0.000000276. The quantitative estimate of drug-likeness (QED) is 0.312. The number of hydrogen-bond acceptors (Lipinski definition) is 7. The molecule has 5 rings (SSSR count). The van der Waals surface area contributed by atoms with Gasteiger partial charge in [0, 0.05) is 55.6 Å². The summed E-state index contributed by atoms with van der Waals surface area (Å²) in [4.78, 5) is 33.5. The molecule has 4 aromatic rings. The summed E-state index contributed by atoms with van der Waals surface area (Å²) < 4.78 is 65.6. The molecule has 3 aromatic heterocycles. The third kappa shape index (κ3) is 8.91. The number of thiophene rings is 1. The summed E-state index contributed by atoms with van der Waals surface area (Å²) in [6.45, 7) is 5.10. The van der Waals surface area contributed by atoms with Crippen LogP contribution >= 0.6 is 11.3 Å². The van der Waals surface area contributed by atoms with Crippen LogP contribution in [0.5, 0.6) is 0 Å². The molecule has 0 spiro atoms. The van der Waals surface area contributed by atoms with Crippen LogP contribution in [0.3, 0.4) is 0 Å². The van der Waals surface area contributed by atoms with Crippen LogP contribution in [0.15, 0.2) is 66.4 Å². The smallest absolute Gasteiger partial charge is 0.475 e. The van der Waals surface area contributed by atoms with Gasteiger partial charge < -0.3 is 15.1 Å². The summed E-state index contributed by atoms with van der Waals surface area (Å²) in [6.07, 6.45) is -4.33. The highest BCUT2D eigenvalue weighted by atomic mass is 32.1. The zero-order chi connectivity index (χ0) is 30.2. The molecule has 1 fully saturated rings. The van der Waals surface area contributed by atoms with Gasteiger partial charge in [-0.25, -0.2) is 19.6 Å². The molecule has 0 radical (unpaired) electrons. The van der Waals surface area contributed by atoms with Crippen LogP contribution in [0.1, 0.15) is 4.88 Å². The van der Waals surface area contributed by atoms with E-state index < -0.39 is 24.3 Å². The number of imidazole rings is 1. The monoisotopic (exact) mass is 603 g/mol. The number of carboxylic acid groups (broad SMARTS) is 2. The van der Waals surface area contributed by atoms with Crippen molar-refractivity contribution >= 4 is 34.7 Å². The molecule has 1 saturated heterocycles. The molecule has 4 heterocycles. The minimum Gasteiger partial charge on any atom is -0.475 e. The number of piperazine rings is 1. The first-order valence-electron chi connectivity index (χ1n) is 11.7. The van der Waals surface area contributed by atoms with Crippen molar-refractivity contribution in [1.29, 1.82) is 0 Å². The summed E-state index contributed by atoms with van der Waals surface area (Å²) in [6, 6.07) is 14.7. The lowest BCUT2D eigenvalue weighted by molar-refractivity contribution is -0.193. The highest BCUT2D eigenvalue weighted by Gasteiger charge is 2.38. The van der Waals surface area contributed by atoms with E-state index in [0.29, 0.717) is 0 Å². The van der Waals surface area contributed by atoms with Crippen LogP contribution in [0, 0.1) is 0 Å². The predicted molar refractivity (Wildman–Crippen MR) is 138 cm³/mol. The number of halogens is 6. The second kappa shape index (κ2) is 13.5. The number of carbonyl (C=O) groups is 2. The average molecular weight is 604 g/mol. The molecule has 1 aliphatic heterocycles. The maximum Gasteiger partial charge on any atom is 0.490 e. The van der Waals surface area contributed by atoms with E-state index in [1.165, 1.54) is 10.4 Å². The van der Waals surface area contributed by atoms with Gasteiger partial charge in [-0.05, 0) is 11.4 Å². The molecule has 41 heavy (non-hydrogen) atoms. The second-order valence-corrected chi connectivity index (χ2v) is 9.43. The Labute approximate surface area is 232 Å². The normalized spacial score (nSPS) is 14.0. The Hall–Kier alpha value is -4.18. The first-order chi connectivity index (χ1) is 19.3. The molecule has 0 atom stereocenters. The standard InChI is InChI=1S/C21H21N5S.2C2HF3O2/c1-2-5-17(6-3-1)19-15-23-21-20(22-8-9-26(19)21)25-12-10-24(11-13-25)16-18-7-4-14-27-18;2*3-2(4,5)1(6)7/h1-9,14-15H,10-13,16H2;2*(H,6,7). The number of aromatic nitrogens is 3. The van der Waals surface area contributed by atoms with Crippen molar-refractivity contribution in [3.05, 3.63) is 71.3 Å². The van der Waals surface area contributed by atoms with Gasteiger partial charge in [0.05, 0.1) is 11.9 Å². The van der Waals surface area contributed by atoms with E-state index in [-0.39, 0.29) is 0 Å². The fraction of sp³-hybridized carbons (Fsp3) is 0.280. The van der Waals surface area contributed by atoms with E-state index >= 15 is 0 Å². The largest absolute Gasteiger partial charge is 0.490 e. The topological polar surface area (TPSA) is 111 Å². The Morgan fingerprint density at radius 1 is 0.854 bits per heavy atom. The number of carboxylic acids is 2. The lowest BCUT2D eigenvalue weighted by atomic mass is 10.2. The zero-order valence-electron chi connectivity index (χ0n) is 21.0. The van der Waals surface area contributed by atoms with Crippen molar-refractivity contribution in [1.82, 2.24) is 19.3 Å². The fourth-order valence-electron chi connectivity index (χ4n) is 3.69. The van der Waals surface area contributed by atoms with Gasteiger partial charge in [-0.1, -0.05) is 36.4 Å². The SMILES string of the molecule is O=C(O)C(F)(F)F.O=C(O)C(F)(F)F.c1ccc(-c2cnc3c(N4CCN(Cc5cccs5)CC4)nccn23)cc1. The molecular formula is C25H23F6N5O4S. The van der Waals surface area contributed by atoms with Crippen molar-refractivity contribution in [2.45, 2.75) is 18.9 Å². The Morgan fingerprint density at radius 3 is 1.95 bits per heavy atom. The molecule has 0 bridgehead atoms. The van der Waals surface area contributed by atoms with E-state index in [4.69, 9.17) is 24.8 Å². The van der Waals surface area contributed by atoms with Gasteiger partial charge in [0.25, 0.3) is 0 Å². The number of nitrogens with zero attached hydrogens (tertiary/aromatic N) is 5. The van der Waals surface area contributed by atoms with Crippen LogP contribution in [-0.2, 0) is 16.1 Å². The van der Waals surface area contributed by atoms with Crippen LogP contribution < -0.4 is 4.90 Å². The molecule has 220 valence electrons. The number of hydrogen-bond donors (Lipinski definition) is 2. The summed E-state index contributed by atoms with van der Waals surface area (Å²) in [5.74, 6) is -4.53. The number of alkyl halides is 6. The summed E-state index contributed by atoms with van der Waals surface area (Å²) in [5, 5.41) is 16.4. The van der Waals surface area contributed by atoms with Crippen LogP contribution in [0.4, 0.5) is 32.2 Å². The lowest BCUT2D eigenvalue weighted by Gasteiger charge is -2.35. The van der Waals surface area contributed by atoms with Gasteiger partial charge in [-0.3, -0.25) is 9.30 Å². The number of fused-ring (bicyclic) bond motifs is 1. The van der Waals surface area contributed by atoms with E-state index in [1.807, 2.05) is 36.0 Å². The number of anilines is 1. The first kappa shape index (κ1) is 31.3. The minimum atomic E-state index is -5.08. The summed E-state index contributed by atoms with van der Waals surface area (Å²) in [5.41, 5.74) is 3.21. The fourth-order valence-corrected chi connectivity index (χ4v) is 4.44. The molecule has 0 amide bonds. The minimum absolute atomic E-state index is 0.933.